The number of nitrogens with one attached hydrogen (secondary N) is 9. The molecule has 350 valence electrons. The lowest BCUT2D eigenvalue weighted by molar-refractivity contribution is -0.142. The first-order valence-corrected chi connectivity index (χ1v) is 23.1. The van der Waals surface area contributed by atoms with Crippen LogP contribution in [0.1, 0.15) is 95.1 Å². The van der Waals surface area contributed by atoms with Crippen LogP contribution in [0.3, 0.4) is 0 Å². The molecule has 65 heavy (non-hydrogen) atoms. The molecule has 18 heteroatoms. The Kier molecular flexibility index (Phi) is 17.3. The standard InChI is InChI=1S/C47H65N11O7/c1-29(59)53-37(25-30-13-4-2-5-14-30)42(61)55-36-20-11-22-50-41(60)35(19-10-23-51-47(48)49)54-44(63)39(27-32-28-52-34-18-9-8-17-33(32)34)56-43(62)38(26-31-15-6-3-7-16-31)57-45(64)40-21-12-24-58(40)46(36)65/h2,4-5,8-9,13-14,17-18,28,31,35-40,52H,3,6-7,10-12,15-16,19-27H2,1H3,(H,50,60)(H,53,59)(H,54,63)(H,55,61)(H,56,62)(H,57,64)(H4,48,49,51)/t35?,36-,37-,38+,39-,40?/m0/s1. The zero-order valence-corrected chi connectivity index (χ0v) is 37.2. The van der Waals surface area contributed by atoms with Gasteiger partial charge in [0.05, 0.1) is 0 Å². The minimum Gasteiger partial charge on any atom is -0.370 e. The zero-order chi connectivity index (χ0) is 46.3. The number of hydrogen-bond acceptors (Lipinski definition) is 8. The summed E-state index contributed by atoms with van der Waals surface area (Å²) < 4.78 is 0. The summed E-state index contributed by atoms with van der Waals surface area (Å²) >= 11 is 0. The first-order chi connectivity index (χ1) is 31.4. The number of fused-ring (bicyclic) bond motifs is 2. The quantitative estimate of drug-likeness (QED) is 0.0676. The van der Waals surface area contributed by atoms with E-state index in [1.165, 1.54) is 11.8 Å². The molecule has 7 amide bonds. The minimum absolute atomic E-state index is 0.0674. The number of benzene rings is 2. The predicted molar refractivity (Wildman–Crippen MR) is 245 cm³/mol. The van der Waals surface area contributed by atoms with Gasteiger partial charge in [0.25, 0.3) is 0 Å². The molecule has 3 fully saturated rings. The highest BCUT2D eigenvalue weighted by atomic mass is 16.2. The maximum Gasteiger partial charge on any atom is 0.245 e. The average molecular weight is 896 g/mol. The number of carbonyl (C=O) groups is 7. The zero-order valence-electron chi connectivity index (χ0n) is 37.2. The normalized spacial score (nSPS) is 23.4. The molecule has 3 heterocycles. The fraction of sp³-hybridized carbons (Fsp3) is 0.532. The Morgan fingerprint density at radius 3 is 2.28 bits per heavy atom. The molecule has 0 spiro atoms. The molecule has 2 saturated heterocycles. The number of nitrogens with two attached hydrogens (primary N) is 1. The first-order valence-electron chi connectivity index (χ1n) is 23.1. The average Bonchev–Trinajstić information content (AvgIpc) is 3.95. The van der Waals surface area contributed by atoms with E-state index in [9.17, 15) is 33.6 Å². The van der Waals surface area contributed by atoms with Gasteiger partial charge in [-0.05, 0) is 68.1 Å². The smallest absolute Gasteiger partial charge is 0.245 e. The Balaban J connectivity index is 1.31. The predicted octanol–water partition coefficient (Wildman–Crippen LogP) is 1.53. The summed E-state index contributed by atoms with van der Waals surface area (Å²) in [7, 11) is 0. The first kappa shape index (κ1) is 48.0. The van der Waals surface area contributed by atoms with Crippen LogP contribution in [0.15, 0.2) is 60.8 Å². The summed E-state index contributed by atoms with van der Waals surface area (Å²) in [6.45, 7) is 1.88. The maximum absolute atomic E-state index is 14.6. The molecule has 6 atom stereocenters. The Hall–Kier alpha value is -6.46. The summed E-state index contributed by atoms with van der Waals surface area (Å²) in [5.41, 5.74) is 7.92. The summed E-state index contributed by atoms with van der Waals surface area (Å²) in [4.78, 5) is 103. The van der Waals surface area contributed by atoms with Gasteiger partial charge in [-0.15, -0.1) is 0 Å². The molecule has 3 aliphatic rings. The van der Waals surface area contributed by atoms with Crippen LogP contribution in [0, 0.1) is 11.3 Å². The van der Waals surface area contributed by atoms with Gasteiger partial charge in [-0.3, -0.25) is 39.0 Å². The lowest BCUT2D eigenvalue weighted by Gasteiger charge is -2.32. The third kappa shape index (κ3) is 13.8. The second-order valence-corrected chi connectivity index (χ2v) is 17.6. The molecule has 2 aliphatic heterocycles. The highest BCUT2D eigenvalue weighted by Crippen LogP contribution is 2.28. The minimum atomic E-state index is -1.14. The van der Waals surface area contributed by atoms with Crippen LogP contribution in [0.25, 0.3) is 10.9 Å². The Labute approximate surface area is 379 Å². The second kappa shape index (κ2) is 23.5. The molecule has 1 aromatic heterocycles. The van der Waals surface area contributed by atoms with Crippen LogP contribution < -0.4 is 43.0 Å². The van der Waals surface area contributed by atoms with Crippen LogP contribution in [0.5, 0.6) is 0 Å². The van der Waals surface area contributed by atoms with Crippen molar-refractivity contribution in [2.24, 2.45) is 11.7 Å². The number of nitrogens with zero attached hydrogens (tertiary/aromatic N) is 1. The van der Waals surface area contributed by atoms with E-state index in [0.29, 0.717) is 25.7 Å². The van der Waals surface area contributed by atoms with Gasteiger partial charge in [-0.2, -0.15) is 0 Å². The van der Waals surface area contributed by atoms with Gasteiger partial charge < -0.3 is 52.8 Å². The van der Waals surface area contributed by atoms with Gasteiger partial charge in [0.2, 0.25) is 41.4 Å². The molecule has 2 unspecified atom stereocenters. The Morgan fingerprint density at radius 1 is 0.815 bits per heavy atom. The van der Waals surface area contributed by atoms with Crippen molar-refractivity contribution in [1.82, 2.24) is 47.1 Å². The molecule has 18 nitrogen and oxygen atoms in total. The molecule has 6 rings (SSSR count). The van der Waals surface area contributed by atoms with E-state index in [4.69, 9.17) is 11.1 Å². The van der Waals surface area contributed by atoms with E-state index in [-0.39, 0.29) is 63.6 Å². The van der Waals surface area contributed by atoms with E-state index >= 15 is 0 Å². The molecule has 1 aliphatic carbocycles. The van der Waals surface area contributed by atoms with Gasteiger partial charge in [-0.25, -0.2) is 0 Å². The SMILES string of the molecule is CC(=O)N[C@@H](Cc1ccccc1)C(=O)N[C@H]1CCCNC(=O)C(CCCNC(=N)N)NC(=O)[C@H](Cc2c[nH]c3ccccc23)NC(=O)[C@@H](CC2CCCCC2)NC(=O)C2CCCN2C1=O. The lowest BCUT2D eigenvalue weighted by Crippen LogP contribution is -2.60. The van der Waals surface area contributed by atoms with Crippen LogP contribution in [0.4, 0.5) is 0 Å². The molecular weight excluding hydrogens is 831 g/mol. The van der Waals surface area contributed by atoms with Crippen molar-refractivity contribution in [1.29, 1.82) is 5.41 Å². The third-order valence-electron chi connectivity index (χ3n) is 12.7. The fourth-order valence-electron chi connectivity index (χ4n) is 9.31. The Bertz CT molecular complexity index is 2160. The van der Waals surface area contributed by atoms with Crippen LogP contribution in [-0.4, -0.2) is 113 Å². The van der Waals surface area contributed by atoms with Crippen molar-refractivity contribution in [3.05, 3.63) is 71.9 Å². The number of carbonyl (C=O) groups excluding carboxylic acids is 7. The summed E-state index contributed by atoms with van der Waals surface area (Å²) in [5.74, 6) is -3.73. The molecule has 0 radical (unpaired) electrons. The van der Waals surface area contributed by atoms with Crippen LogP contribution >= 0.6 is 0 Å². The third-order valence-corrected chi connectivity index (χ3v) is 12.7. The largest absolute Gasteiger partial charge is 0.370 e. The maximum atomic E-state index is 14.6. The number of H-pyrrole nitrogens is 1. The number of aromatic amines is 1. The van der Waals surface area contributed by atoms with E-state index < -0.39 is 77.6 Å². The van der Waals surface area contributed by atoms with Crippen molar-refractivity contribution in [2.75, 3.05) is 19.6 Å². The molecular formula is C47H65N11O7. The highest BCUT2D eigenvalue weighted by Gasteiger charge is 2.40. The molecule has 2 aromatic carbocycles. The van der Waals surface area contributed by atoms with Gasteiger partial charge >= 0.3 is 0 Å². The van der Waals surface area contributed by atoms with Gasteiger partial charge in [0.15, 0.2) is 5.96 Å². The number of guanidine groups is 1. The molecule has 0 bridgehead atoms. The van der Waals surface area contributed by atoms with Gasteiger partial charge in [-0.1, -0.05) is 80.6 Å². The van der Waals surface area contributed by atoms with Gasteiger partial charge in [0.1, 0.15) is 36.3 Å². The summed E-state index contributed by atoms with van der Waals surface area (Å²) in [6, 6.07) is 10.5. The van der Waals surface area contributed by atoms with E-state index in [0.717, 1.165) is 54.1 Å². The van der Waals surface area contributed by atoms with Crippen molar-refractivity contribution in [3.63, 3.8) is 0 Å². The van der Waals surface area contributed by atoms with Crippen molar-refractivity contribution < 1.29 is 33.6 Å². The number of amides is 7. The number of hydrogen-bond donors (Lipinski definition) is 10. The lowest BCUT2D eigenvalue weighted by atomic mass is 9.84. The highest BCUT2D eigenvalue weighted by molar-refractivity contribution is 5.98. The van der Waals surface area contributed by atoms with Crippen molar-refractivity contribution in [2.45, 2.75) is 133 Å². The van der Waals surface area contributed by atoms with Gasteiger partial charge in [0, 0.05) is 56.5 Å². The van der Waals surface area contributed by atoms with E-state index in [2.05, 4.69) is 42.2 Å². The second-order valence-electron chi connectivity index (χ2n) is 17.6. The van der Waals surface area contributed by atoms with E-state index in [1.54, 1.807) is 6.20 Å². The Morgan fingerprint density at radius 2 is 1.52 bits per heavy atom. The van der Waals surface area contributed by atoms with Crippen LogP contribution in [0.2, 0.25) is 0 Å². The van der Waals surface area contributed by atoms with Crippen molar-refractivity contribution >= 4 is 58.2 Å². The monoisotopic (exact) mass is 896 g/mol. The molecule has 11 N–H and O–H groups in total. The van der Waals surface area contributed by atoms with Crippen LogP contribution in [-0.2, 0) is 46.4 Å². The molecule has 1 saturated carbocycles. The summed E-state index contributed by atoms with van der Waals surface area (Å²) in [6.07, 6.45) is 8.88. The topological polar surface area (TPSA) is 273 Å². The fourth-order valence-corrected chi connectivity index (χ4v) is 9.31. The van der Waals surface area contributed by atoms with Crippen molar-refractivity contribution in [3.8, 4) is 0 Å². The number of para-hydroxylation sites is 1. The van der Waals surface area contributed by atoms with E-state index in [1.807, 2.05) is 54.6 Å². The number of rotatable bonds is 13. The summed E-state index contributed by atoms with van der Waals surface area (Å²) in [5, 5.41) is 28.5. The molecule has 3 aromatic rings. The number of aromatic nitrogens is 1.